The zero-order valence-corrected chi connectivity index (χ0v) is 15.7. The van der Waals surface area contributed by atoms with Crippen LogP contribution in [-0.4, -0.2) is 51.9 Å². The number of nitrogens with zero attached hydrogens (tertiary/aromatic N) is 2. The molecule has 5 aliphatic rings. The van der Waals surface area contributed by atoms with Crippen molar-refractivity contribution in [1.29, 1.82) is 0 Å². The average molecular weight is 368 g/mol. The number of amides is 2. The van der Waals surface area contributed by atoms with E-state index in [-0.39, 0.29) is 23.6 Å². The zero-order valence-electron chi connectivity index (χ0n) is 15.7. The second-order valence-electron chi connectivity index (χ2n) is 9.09. The van der Waals surface area contributed by atoms with Gasteiger partial charge in [-0.25, -0.2) is 0 Å². The van der Waals surface area contributed by atoms with E-state index < -0.39 is 0 Å². The van der Waals surface area contributed by atoms with Crippen molar-refractivity contribution < 1.29 is 14.7 Å². The van der Waals surface area contributed by atoms with Gasteiger partial charge in [-0.15, -0.1) is 0 Å². The van der Waals surface area contributed by atoms with Crippen molar-refractivity contribution in [3.63, 3.8) is 0 Å². The van der Waals surface area contributed by atoms with Crippen molar-refractivity contribution in [1.82, 2.24) is 9.80 Å². The maximum Gasteiger partial charge on any atom is 0.258 e. The second-order valence-corrected chi connectivity index (χ2v) is 9.09. The van der Waals surface area contributed by atoms with Crippen molar-refractivity contribution in [2.24, 2.45) is 17.8 Å². The van der Waals surface area contributed by atoms with Crippen LogP contribution in [0.2, 0.25) is 0 Å². The quantitative estimate of drug-likeness (QED) is 0.873. The lowest BCUT2D eigenvalue weighted by Gasteiger charge is -2.40. The predicted molar refractivity (Wildman–Crippen MR) is 101 cm³/mol. The number of phenolic OH excluding ortho intramolecular Hbond substituents is 1. The Hall–Kier alpha value is -2.04. The van der Waals surface area contributed by atoms with Gasteiger partial charge in [-0.3, -0.25) is 9.59 Å². The lowest BCUT2D eigenvalue weighted by molar-refractivity contribution is -0.138. The molecule has 0 radical (unpaired) electrons. The van der Waals surface area contributed by atoms with Crippen LogP contribution in [0, 0.1) is 17.8 Å². The first-order valence-electron chi connectivity index (χ1n) is 10.5. The fourth-order valence-corrected chi connectivity index (χ4v) is 6.32. The van der Waals surface area contributed by atoms with Crippen LogP contribution in [0.15, 0.2) is 24.3 Å². The van der Waals surface area contributed by atoms with Crippen molar-refractivity contribution in [2.45, 2.75) is 57.0 Å². The predicted octanol–water partition coefficient (Wildman–Crippen LogP) is 3.03. The van der Waals surface area contributed by atoms with Gasteiger partial charge in [0.25, 0.3) is 5.91 Å². The van der Waals surface area contributed by atoms with E-state index in [0.717, 1.165) is 44.1 Å². The number of fused-ring (bicyclic) bond motifs is 1. The summed E-state index contributed by atoms with van der Waals surface area (Å²) < 4.78 is 0. The maximum absolute atomic E-state index is 13.5. The second kappa shape index (κ2) is 6.54. The van der Waals surface area contributed by atoms with Gasteiger partial charge in [0, 0.05) is 19.1 Å². The van der Waals surface area contributed by atoms with Crippen molar-refractivity contribution in [3.05, 3.63) is 29.8 Å². The molecule has 2 aliphatic carbocycles. The molecule has 6 rings (SSSR count). The van der Waals surface area contributed by atoms with Gasteiger partial charge in [0.2, 0.25) is 5.91 Å². The Morgan fingerprint density at radius 1 is 0.926 bits per heavy atom. The van der Waals surface area contributed by atoms with E-state index in [0.29, 0.717) is 24.1 Å². The highest BCUT2D eigenvalue weighted by Crippen LogP contribution is 2.47. The molecule has 27 heavy (non-hydrogen) atoms. The fourth-order valence-electron chi connectivity index (χ4n) is 6.32. The summed E-state index contributed by atoms with van der Waals surface area (Å²) in [6.45, 7) is 1.47. The van der Waals surface area contributed by atoms with Crippen molar-refractivity contribution in [2.75, 3.05) is 13.1 Å². The highest BCUT2D eigenvalue weighted by atomic mass is 16.3. The molecule has 5 fully saturated rings. The summed E-state index contributed by atoms with van der Waals surface area (Å²) in [5.74, 6) is 2.17. The van der Waals surface area contributed by atoms with Crippen LogP contribution in [0.1, 0.15) is 55.3 Å². The third-order valence-electron chi connectivity index (χ3n) is 7.32. The van der Waals surface area contributed by atoms with E-state index in [1.165, 1.54) is 25.3 Å². The molecular weight excluding hydrogens is 340 g/mol. The van der Waals surface area contributed by atoms with Gasteiger partial charge in [0.15, 0.2) is 0 Å². The van der Waals surface area contributed by atoms with Crippen LogP contribution >= 0.6 is 0 Å². The van der Waals surface area contributed by atoms with E-state index in [1.54, 1.807) is 23.1 Å². The van der Waals surface area contributed by atoms with Gasteiger partial charge in [-0.2, -0.15) is 0 Å². The number of phenols is 1. The molecule has 5 heteroatoms. The summed E-state index contributed by atoms with van der Waals surface area (Å²) >= 11 is 0. The fraction of sp³-hybridized carbons (Fsp3) is 0.636. The van der Waals surface area contributed by atoms with Gasteiger partial charge < -0.3 is 14.9 Å². The standard InChI is InChI=1S/C22H28N2O3/c25-20-6-2-1-4-18(20)21(26)23-7-3-5-19(23)22(27)24-13-16-9-14-8-15(10-16)12-17(24)11-14/h1-2,4,6,14-17,19,25H,3,5,7-13H2/t14-,15+,16?,17?,19-/m0/s1. The Morgan fingerprint density at radius 3 is 2.37 bits per heavy atom. The molecule has 2 amide bonds. The van der Waals surface area contributed by atoms with Gasteiger partial charge in [-0.05, 0) is 74.8 Å². The molecule has 1 N–H and O–H groups in total. The normalized spacial score (nSPS) is 34.7. The molecule has 2 saturated carbocycles. The number of para-hydroxylation sites is 1. The molecule has 3 aliphatic heterocycles. The van der Waals surface area contributed by atoms with Crippen LogP contribution in [0.5, 0.6) is 5.75 Å². The molecule has 1 aromatic rings. The molecule has 2 unspecified atom stereocenters. The first kappa shape index (κ1) is 17.1. The molecule has 0 spiro atoms. The number of benzene rings is 1. The Bertz CT molecular complexity index is 750. The third-order valence-corrected chi connectivity index (χ3v) is 7.32. The topological polar surface area (TPSA) is 60.9 Å². The Kier molecular flexibility index (Phi) is 4.14. The van der Waals surface area contributed by atoms with E-state index in [1.807, 2.05) is 0 Å². The summed E-state index contributed by atoms with van der Waals surface area (Å²) in [6, 6.07) is 6.64. The largest absolute Gasteiger partial charge is 0.507 e. The number of likely N-dealkylation sites (tertiary alicyclic amines) is 1. The van der Waals surface area contributed by atoms with Gasteiger partial charge >= 0.3 is 0 Å². The summed E-state index contributed by atoms with van der Waals surface area (Å²) in [5, 5.41) is 10.1. The Labute approximate surface area is 160 Å². The Morgan fingerprint density at radius 2 is 1.63 bits per heavy atom. The van der Waals surface area contributed by atoms with Crippen LogP contribution in [-0.2, 0) is 4.79 Å². The average Bonchev–Trinajstić information content (AvgIpc) is 3.06. The number of hydrogen-bond acceptors (Lipinski definition) is 3. The summed E-state index contributed by atoms with van der Waals surface area (Å²) in [6.07, 6.45) is 7.81. The molecule has 4 bridgehead atoms. The van der Waals surface area contributed by atoms with Crippen LogP contribution < -0.4 is 0 Å². The number of carbonyl (C=O) groups is 2. The number of carbonyl (C=O) groups excluding carboxylic acids is 2. The molecule has 0 aromatic heterocycles. The molecule has 1 aromatic carbocycles. The molecular formula is C22H28N2O3. The van der Waals surface area contributed by atoms with Gasteiger partial charge in [0.1, 0.15) is 11.8 Å². The van der Waals surface area contributed by atoms with Crippen molar-refractivity contribution in [3.8, 4) is 5.75 Å². The minimum Gasteiger partial charge on any atom is -0.507 e. The molecule has 5 atom stereocenters. The molecule has 3 saturated heterocycles. The lowest BCUT2D eigenvalue weighted by atomic mass is 9.68. The first-order valence-corrected chi connectivity index (χ1v) is 10.5. The van der Waals surface area contributed by atoms with Crippen LogP contribution in [0.3, 0.4) is 0 Å². The highest BCUT2D eigenvalue weighted by Gasteiger charge is 2.47. The van der Waals surface area contributed by atoms with Gasteiger partial charge in [-0.1, -0.05) is 12.1 Å². The minimum absolute atomic E-state index is 0.00804. The smallest absolute Gasteiger partial charge is 0.258 e. The monoisotopic (exact) mass is 368 g/mol. The number of aromatic hydroxyl groups is 1. The summed E-state index contributed by atoms with van der Waals surface area (Å²) in [4.78, 5) is 30.4. The Balaban J connectivity index is 1.38. The zero-order chi connectivity index (χ0) is 18.5. The van der Waals surface area contributed by atoms with Crippen LogP contribution in [0.4, 0.5) is 0 Å². The number of rotatable bonds is 2. The summed E-state index contributed by atoms with van der Waals surface area (Å²) in [7, 11) is 0. The van der Waals surface area contributed by atoms with E-state index in [9.17, 15) is 14.7 Å². The van der Waals surface area contributed by atoms with E-state index in [2.05, 4.69) is 4.90 Å². The summed E-state index contributed by atoms with van der Waals surface area (Å²) in [5.41, 5.74) is 0.299. The molecule has 144 valence electrons. The minimum atomic E-state index is -0.368. The maximum atomic E-state index is 13.5. The van der Waals surface area contributed by atoms with Gasteiger partial charge in [0.05, 0.1) is 5.56 Å². The molecule has 5 nitrogen and oxygen atoms in total. The van der Waals surface area contributed by atoms with Crippen LogP contribution in [0.25, 0.3) is 0 Å². The highest BCUT2D eigenvalue weighted by molar-refractivity contribution is 6.00. The van der Waals surface area contributed by atoms with E-state index in [4.69, 9.17) is 0 Å². The molecule has 3 heterocycles. The first-order chi connectivity index (χ1) is 13.1. The third kappa shape index (κ3) is 2.91. The number of hydrogen-bond donors (Lipinski definition) is 1. The lowest BCUT2D eigenvalue weighted by Crippen LogP contribution is -2.51. The van der Waals surface area contributed by atoms with E-state index >= 15 is 0 Å². The SMILES string of the molecule is O=C([C@@H]1CCCN1C(=O)c1ccccc1O)N1CC2C[C@@H]3CC1C[C@H](C2)C3. The van der Waals surface area contributed by atoms with Crippen molar-refractivity contribution >= 4 is 11.8 Å².